The van der Waals surface area contributed by atoms with Gasteiger partial charge in [0.1, 0.15) is 0 Å². The molecule has 0 aliphatic heterocycles. The van der Waals surface area contributed by atoms with E-state index in [1.165, 1.54) is 0 Å². The van der Waals surface area contributed by atoms with Crippen LogP contribution < -0.4 is 0 Å². The van der Waals surface area contributed by atoms with Crippen LogP contribution in [0.25, 0.3) is 0 Å². The van der Waals surface area contributed by atoms with Crippen LogP contribution >= 0.6 is 8.69 Å². The van der Waals surface area contributed by atoms with Crippen molar-refractivity contribution in [2.45, 2.75) is 0 Å². The minimum atomic E-state index is -1.17. The molecule has 0 aromatic heterocycles. The van der Waals surface area contributed by atoms with E-state index in [0.29, 0.717) is 0 Å². The summed E-state index contributed by atoms with van der Waals surface area (Å²) < 4.78 is 8.51. The van der Waals surface area contributed by atoms with Crippen LogP contribution in [0.2, 0.25) is 0 Å². The van der Waals surface area contributed by atoms with Gasteiger partial charge in [0.2, 0.25) is 0 Å². The maximum atomic E-state index is 8.51. The molecule has 3 nitrogen and oxygen atoms in total. The first-order valence-electron chi connectivity index (χ1n) is 0.686. The largest absolute Gasteiger partial charge is 0.491 e. The van der Waals surface area contributed by atoms with Crippen LogP contribution in [0.4, 0.5) is 0 Å². The Morgan fingerprint density at radius 1 is 1.80 bits per heavy atom. The van der Waals surface area contributed by atoms with Gasteiger partial charge in [-0.3, -0.25) is 0 Å². The second-order valence-electron chi connectivity index (χ2n) is 0.0913. The van der Waals surface area contributed by atoms with E-state index in [1.54, 1.807) is 0 Å². The van der Waals surface area contributed by atoms with Gasteiger partial charge in [0.05, 0.1) is 0 Å². The number of hydrogen-bond acceptors (Lipinski definition) is 2. The lowest BCUT2D eigenvalue weighted by Crippen LogP contribution is -1.03. The summed E-state index contributed by atoms with van der Waals surface area (Å²) in [5.41, 5.74) is 0. The SMILES string of the molecule is C#N.O=[PH+]O. The molecule has 0 aliphatic rings. The molecule has 0 spiro atoms. The number of rotatable bonds is 0. The summed E-state index contributed by atoms with van der Waals surface area (Å²) in [6.45, 7) is 3.50. The van der Waals surface area contributed by atoms with Crippen LogP contribution in [-0.4, -0.2) is 4.89 Å². The molecule has 0 heterocycles. The zero-order valence-electron chi connectivity index (χ0n) is 2.38. The molecule has 28 valence electrons. The number of nitrogens with zero attached hydrogens (tertiary/aromatic N) is 1. The predicted molar refractivity (Wildman–Crippen MR) is 17.9 cm³/mol. The van der Waals surface area contributed by atoms with Gasteiger partial charge in [-0.2, -0.15) is 4.89 Å². The van der Waals surface area contributed by atoms with Crippen LogP contribution in [0.1, 0.15) is 0 Å². The normalized spacial score (nSPS) is 4.60. The molecule has 0 saturated carbocycles. The van der Waals surface area contributed by atoms with Crippen LogP contribution in [0.3, 0.4) is 0 Å². The van der Waals surface area contributed by atoms with Gasteiger partial charge in [-0.15, -0.1) is 0 Å². The molecule has 5 heavy (non-hydrogen) atoms. The minimum Gasteiger partial charge on any atom is -0.202 e. The molecule has 0 aromatic carbocycles. The average molecular weight is 92.0 g/mol. The molecule has 1 atom stereocenters. The first kappa shape index (κ1) is 8.82. The van der Waals surface area contributed by atoms with Crippen LogP contribution in [0, 0.1) is 11.8 Å². The number of nitriles is 1. The molecule has 0 radical (unpaired) electrons. The van der Waals surface area contributed by atoms with Gasteiger partial charge in [-0.05, 0) is 4.57 Å². The van der Waals surface area contributed by atoms with Crippen molar-refractivity contribution in [2.75, 3.05) is 0 Å². The summed E-state index contributed by atoms with van der Waals surface area (Å²) >= 11 is 0. The van der Waals surface area contributed by atoms with Crippen molar-refractivity contribution in [3.05, 3.63) is 0 Å². The van der Waals surface area contributed by atoms with Crippen molar-refractivity contribution in [1.29, 1.82) is 5.26 Å². The molecule has 0 saturated heterocycles. The van der Waals surface area contributed by atoms with E-state index in [2.05, 4.69) is 6.57 Å². The van der Waals surface area contributed by atoms with E-state index in [0.717, 1.165) is 0 Å². The summed E-state index contributed by atoms with van der Waals surface area (Å²) in [7, 11) is -1.17. The third-order valence-electron chi connectivity index (χ3n) is 0. The Morgan fingerprint density at radius 2 is 1.80 bits per heavy atom. The van der Waals surface area contributed by atoms with Gasteiger partial charge in [0.15, 0.2) is 0 Å². The van der Waals surface area contributed by atoms with Gasteiger partial charge < -0.3 is 0 Å². The van der Waals surface area contributed by atoms with E-state index in [1.807, 2.05) is 0 Å². The predicted octanol–water partition coefficient (Wildman–Crippen LogP) is 0.0575. The zero-order valence-corrected chi connectivity index (χ0v) is 3.38. The van der Waals surface area contributed by atoms with E-state index >= 15 is 0 Å². The molecule has 0 bridgehead atoms. The molecular formula is CH3NO2P+. The summed E-state index contributed by atoms with van der Waals surface area (Å²) in [4.78, 5) is 7.04. The lowest BCUT2D eigenvalue weighted by molar-refractivity contribution is 0.524. The molecule has 0 fully saturated rings. The van der Waals surface area contributed by atoms with E-state index in [-0.39, 0.29) is 0 Å². The number of hydrogen-bond donors (Lipinski definition) is 1. The van der Waals surface area contributed by atoms with Crippen molar-refractivity contribution in [3.8, 4) is 6.57 Å². The highest BCUT2D eigenvalue weighted by Crippen LogP contribution is 1.66. The Bertz CT molecular complexity index is 33.9. The van der Waals surface area contributed by atoms with Crippen molar-refractivity contribution >= 4 is 8.69 Å². The monoisotopic (exact) mass is 92.0 g/mol. The van der Waals surface area contributed by atoms with E-state index in [4.69, 9.17) is 14.7 Å². The van der Waals surface area contributed by atoms with Gasteiger partial charge in [-0.1, -0.05) is 0 Å². The first-order valence-corrected chi connectivity index (χ1v) is 1.54. The maximum absolute atomic E-state index is 8.51. The van der Waals surface area contributed by atoms with Crippen LogP contribution in [-0.2, 0) is 4.57 Å². The summed E-state index contributed by atoms with van der Waals surface area (Å²) in [5, 5.41) is 6.50. The van der Waals surface area contributed by atoms with Crippen molar-refractivity contribution in [3.63, 3.8) is 0 Å². The topological polar surface area (TPSA) is 61.1 Å². The minimum absolute atomic E-state index is 1.17. The standard InChI is InChI=1S/CHN.HO2P/c1-2;1-3-2/h1H;3H/p+1. The van der Waals surface area contributed by atoms with Gasteiger partial charge in [-0.25, -0.2) is 5.26 Å². The smallest absolute Gasteiger partial charge is 0.202 e. The first-order chi connectivity index (χ1) is 2.41. The van der Waals surface area contributed by atoms with Crippen LogP contribution in [0.5, 0.6) is 0 Å². The average Bonchev–Trinajstić information content (AvgIpc) is 1.46. The molecule has 0 aromatic rings. The Hall–Kier alpha value is -0.450. The Kier molecular flexibility index (Phi) is 135. The van der Waals surface area contributed by atoms with Crippen LogP contribution in [0.15, 0.2) is 0 Å². The highest BCUT2D eigenvalue weighted by Gasteiger charge is 1.45. The molecular weight excluding hydrogens is 89.0 g/mol. The molecule has 1 N–H and O–H groups in total. The van der Waals surface area contributed by atoms with E-state index < -0.39 is 8.69 Å². The van der Waals surface area contributed by atoms with Gasteiger partial charge >= 0.3 is 8.69 Å². The Balaban J connectivity index is 0. The fourth-order valence-corrected chi connectivity index (χ4v) is 0. The van der Waals surface area contributed by atoms with E-state index in [9.17, 15) is 0 Å². The fourth-order valence-electron chi connectivity index (χ4n) is 0. The second-order valence-corrected chi connectivity index (χ2v) is 0.274. The summed E-state index contributed by atoms with van der Waals surface area (Å²) in [5.74, 6) is 0. The third kappa shape index (κ3) is 42.1. The summed E-state index contributed by atoms with van der Waals surface area (Å²) in [6, 6.07) is 0. The van der Waals surface area contributed by atoms with Crippen molar-refractivity contribution in [2.24, 2.45) is 0 Å². The lowest BCUT2D eigenvalue weighted by atomic mass is 11.9. The third-order valence-corrected chi connectivity index (χ3v) is 0. The Labute approximate surface area is 31.1 Å². The second kappa shape index (κ2) is 76.3. The van der Waals surface area contributed by atoms with Gasteiger partial charge in [0.25, 0.3) is 0 Å². The Morgan fingerprint density at radius 3 is 1.80 bits per heavy atom. The summed E-state index contributed by atoms with van der Waals surface area (Å²) in [6.07, 6.45) is 0. The molecule has 1 unspecified atom stereocenters. The maximum Gasteiger partial charge on any atom is 0.491 e. The van der Waals surface area contributed by atoms with Crippen molar-refractivity contribution in [1.82, 2.24) is 0 Å². The zero-order chi connectivity index (χ0) is 4.71. The molecule has 0 aliphatic carbocycles. The molecule has 4 heteroatoms. The lowest BCUT2D eigenvalue weighted by Gasteiger charge is -1.08. The molecule has 0 rings (SSSR count). The molecule has 0 amide bonds. The van der Waals surface area contributed by atoms with Gasteiger partial charge in [0, 0.05) is 6.57 Å². The van der Waals surface area contributed by atoms with Crippen molar-refractivity contribution < 1.29 is 9.46 Å². The highest BCUT2D eigenvalue weighted by molar-refractivity contribution is 7.16. The highest BCUT2D eigenvalue weighted by atomic mass is 31.1. The fraction of sp³-hybridized carbons (Fsp3) is 0. The quantitative estimate of drug-likeness (QED) is 0.429.